The fourth-order valence-corrected chi connectivity index (χ4v) is 3.12. The Kier molecular flexibility index (Phi) is 8.73. The van der Waals surface area contributed by atoms with Gasteiger partial charge in [-0.2, -0.15) is 11.8 Å². The summed E-state index contributed by atoms with van der Waals surface area (Å²) in [4.78, 5) is 11.9. The summed E-state index contributed by atoms with van der Waals surface area (Å²) >= 11 is 1.64. The maximum absolute atomic E-state index is 13.4. The summed E-state index contributed by atoms with van der Waals surface area (Å²) < 4.78 is 13.4. The predicted molar refractivity (Wildman–Crippen MR) is 88.4 cm³/mol. The normalized spacial score (nSPS) is 15.3. The molecule has 1 aliphatic heterocycles. The van der Waals surface area contributed by atoms with E-state index in [2.05, 4.69) is 10.6 Å². The van der Waals surface area contributed by atoms with Crippen molar-refractivity contribution in [3.63, 3.8) is 0 Å². The molecule has 1 heterocycles. The number of piperidine rings is 1. The first-order chi connectivity index (χ1) is 9.77. The monoisotopic (exact) mass is 332 g/mol. The Hall–Kier alpha value is -0.780. The van der Waals surface area contributed by atoms with Crippen LogP contribution in [-0.2, 0) is 10.5 Å². The van der Waals surface area contributed by atoms with Crippen molar-refractivity contribution < 1.29 is 9.18 Å². The Morgan fingerprint density at radius 2 is 2.05 bits per heavy atom. The van der Waals surface area contributed by atoms with E-state index in [1.807, 2.05) is 6.07 Å². The van der Waals surface area contributed by atoms with E-state index >= 15 is 0 Å². The van der Waals surface area contributed by atoms with Crippen molar-refractivity contribution in [3.8, 4) is 0 Å². The van der Waals surface area contributed by atoms with Crippen LogP contribution in [0.25, 0.3) is 0 Å². The standard InChI is InChI=1S/C15H21FN2OS.ClH/c16-14-4-2-1-3-13(14)11-20-10-9-18-15(19)12-5-7-17-8-6-12;/h1-4,12,17H,5-11H2,(H,18,19);1H. The minimum Gasteiger partial charge on any atom is -0.355 e. The summed E-state index contributed by atoms with van der Waals surface area (Å²) in [6.45, 7) is 2.52. The lowest BCUT2D eigenvalue weighted by atomic mass is 9.97. The fraction of sp³-hybridized carbons (Fsp3) is 0.533. The zero-order valence-corrected chi connectivity index (χ0v) is 13.6. The molecule has 1 aromatic rings. The number of nitrogens with one attached hydrogen (secondary N) is 2. The van der Waals surface area contributed by atoms with Crippen molar-refractivity contribution in [1.82, 2.24) is 10.6 Å². The van der Waals surface area contributed by atoms with Crippen LogP contribution in [-0.4, -0.2) is 31.3 Å². The lowest BCUT2D eigenvalue weighted by molar-refractivity contribution is -0.125. The van der Waals surface area contributed by atoms with Crippen molar-refractivity contribution in [2.24, 2.45) is 5.92 Å². The zero-order valence-electron chi connectivity index (χ0n) is 11.9. The summed E-state index contributed by atoms with van der Waals surface area (Å²) in [7, 11) is 0. The smallest absolute Gasteiger partial charge is 0.223 e. The van der Waals surface area contributed by atoms with Gasteiger partial charge in [0, 0.05) is 24.0 Å². The third-order valence-electron chi connectivity index (χ3n) is 3.47. The van der Waals surface area contributed by atoms with E-state index in [0.29, 0.717) is 12.3 Å². The van der Waals surface area contributed by atoms with Gasteiger partial charge in [0.2, 0.25) is 5.91 Å². The average molecular weight is 333 g/mol. The lowest BCUT2D eigenvalue weighted by Gasteiger charge is -2.21. The molecule has 1 aliphatic rings. The van der Waals surface area contributed by atoms with Crippen LogP contribution in [0.15, 0.2) is 24.3 Å². The van der Waals surface area contributed by atoms with Crippen LogP contribution < -0.4 is 10.6 Å². The van der Waals surface area contributed by atoms with E-state index in [1.165, 1.54) is 6.07 Å². The number of hydrogen-bond donors (Lipinski definition) is 2. The molecule has 0 saturated carbocycles. The number of thioether (sulfide) groups is 1. The number of hydrogen-bond acceptors (Lipinski definition) is 3. The first kappa shape index (κ1) is 18.3. The second-order valence-electron chi connectivity index (χ2n) is 4.96. The molecular weight excluding hydrogens is 311 g/mol. The number of halogens is 2. The molecule has 0 spiro atoms. The van der Waals surface area contributed by atoms with E-state index in [0.717, 1.165) is 37.2 Å². The maximum atomic E-state index is 13.4. The van der Waals surface area contributed by atoms with Crippen molar-refractivity contribution in [1.29, 1.82) is 0 Å². The van der Waals surface area contributed by atoms with Crippen LogP contribution in [0.3, 0.4) is 0 Å². The zero-order chi connectivity index (χ0) is 14.2. The summed E-state index contributed by atoms with van der Waals surface area (Å²) in [6, 6.07) is 6.82. The fourth-order valence-electron chi connectivity index (χ4n) is 2.27. The topological polar surface area (TPSA) is 41.1 Å². The molecule has 0 aliphatic carbocycles. The first-order valence-electron chi connectivity index (χ1n) is 7.07. The van der Waals surface area contributed by atoms with Crippen LogP contribution in [0.5, 0.6) is 0 Å². The van der Waals surface area contributed by atoms with Crippen LogP contribution in [0.4, 0.5) is 4.39 Å². The Bertz CT molecular complexity index is 441. The third kappa shape index (κ3) is 6.24. The van der Waals surface area contributed by atoms with E-state index in [1.54, 1.807) is 23.9 Å². The van der Waals surface area contributed by atoms with Gasteiger partial charge in [0.25, 0.3) is 0 Å². The average Bonchev–Trinajstić information content (AvgIpc) is 2.49. The number of rotatable bonds is 6. The largest absolute Gasteiger partial charge is 0.355 e. The van der Waals surface area contributed by atoms with Crippen molar-refractivity contribution in [2.45, 2.75) is 18.6 Å². The molecule has 0 atom stereocenters. The predicted octanol–water partition coefficient (Wildman–Crippen LogP) is 2.60. The number of benzene rings is 1. The number of carbonyl (C=O) groups is 1. The summed E-state index contributed by atoms with van der Waals surface area (Å²) in [6.07, 6.45) is 1.85. The van der Waals surface area contributed by atoms with Gasteiger partial charge in [0.1, 0.15) is 5.82 Å². The molecule has 3 nitrogen and oxygen atoms in total. The summed E-state index contributed by atoms with van der Waals surface area (Å²) in [5.41, 5.74) is 0.724. The maximum Gasteiger partial charge on any atom is 0.223 e. The quantitative estimate of drug-likeness (QED) is 0.787. The Morgan fingerprint density at radius 3 is 2.76 bits per heavy atom. The minimum absolute atomic E-state index is 0. The van der Waals surface area contributed by atoms with Crippen molar-refractivity contribution in [2.75, 3.05) is 25.4 Å². The molecule has 0 bridgehead atoms. The van der Waals surface area contributed by atoms with Gasteiger partial charge in [0.05, 0.1) is 0 Å². The van der Waals surface area contributed by atoms with E-state index in [4.69, 9.17) is 0 Å². The van der Waals surface area contributed by atoms with Gasteiger partial charge in [-0.25, -0.2) is 4.39 Å². The van der Waals surface area contributed by atoms with Crippen LogP contribution >= 0.6 is 24.2 Å². The first-order valence-corrected chi connectivity index (χ1v) is 8.22. The highest BCUT2D eigenvalue weighted by Gasteiger charge is 2.19. The van der Waals surface area contributed by atoms with Crippen LogP contribution in [0, 0.1) is 11.7 Å². The molecule has 0 unspecified atom stereocenters. The second kappa shape index (κ2) is 10.0. The highest BCUT2D eigenvalue weighted by atomic mass is 35.5. The summed E-state index contributed by atoms with van der Waals surface area (Å²) in [5.74, 6) is 1.63. The Morgan fingerprint density at radius 1 is 1.33 bits per heavy atom. The van der Waals surface area contributed by atoms with E-state index in [-0.39, 0.29) is 30.0 Å². The Labute approximate surface area is 135 Å². The number of amides is 1. The molecule has 1 fully saturated rings. The van der Waals surface area contributed by atoms with Gasteiger partial charge < -0.3 is 10.6 Å². The molecule has 1 amide bonds. The molecule has 1 saturated heterocycles. The van der Waals surface area contributed by atoms with E-state index < -0.39 is 0 Å². The highest BCUT2D eigenvalue weighted by molar-refractivity contribution is 7.98. The highest BCUT2D eigenvalue weighted by Crippen LogP contribution is 2.15. The molecule has 1 aromatic carbocycles. The van der Waals surface area contributed by atoms with E-state index in [9.17, 15) is 9.18 Å². The Balaban J connectivity index is 0.00000220. The molecule has 0 aromatic heterocycles. The minimum atomic E-state index is -0.154. The molecule has 21 heavy (non-hydrogen) atoms. The molecule has 0 radical (unpaired) electrons. The molecule has 118 valence electrons. The van der Waals surface area contributed by atoms with Crippen molar-refractivity contribution >= 4 is 30.1 Å². The molecule has 2 N–H and O–H groups in total. The van der Waals surface area contributed by atoms with Gasteiger partial charge in [-0.15, -0.1) is 12.4 Å². The number of carbonyl (C=O) groups excluding carboxylic acids is 1. The van der Waals surface area contributed by atoms with Crippen LogP contribution in [0.1, 0.15) is 18.4 Å². The van der Waals surface area contributed by atoms with Gasteiger partial charge in [0.15, 0.2) is 0 Å². The summed E-state index contributed by atoms with van der Waals surface area (Å²) in [5, 5.41) is 6.22. The second-order valence-corrected chi connectivity index (χ2v) is 6.06. The molecular formula is C15H22ClFN2OS. The van der Waals surface area contributed by atoms with Gasteiger partial charge in [-0.3, -0.25) is 4.79 Å². The van der Waals surface area contributed by atoms with Gasteiger partial charge >= 0.3 is 0 Å². The van der Waals surface area contributed by atoms with Crippen LogP contribution in [0.2, 0.25) is 0 Å². The van der Waals surface area contributed by atoms with Gasteiger partial charge in [-0.05, 0) is 37.6 Å². The molecule has 2 rings (SSSR count). The lowest BCUT2D eigenvalue weighted by Crippen LogP contribution is -2.38. The third-order valence-corrected chi connectivity index (χ3v) is 4.48. The van der Waals surface area contributed by atoms with Crippen molar-refractivity contribution in [3.05, 3.63) is 35.6 Å². The SMILES string of the molecule is Cl.O=C(NCCSCc1ccccc1F)C1CCNCC1. The molecule has 6 heteroatoms. The van der Waals surface area contributed by atoms with Gasteiger partial charge in [-0.1, -0.05) is 18.2 Å².